The summed E-state index contributed by atoms with van der Waals surface area (Å²) in [4.78, 5) is 17.0. The molecule has 25 heavy (non-hydrogen) atoms. The highest BCUT2D eigenvalue weighted by atomic mass is 16.5. The molecule has 2 N–H and O–H groups in total. The summed E-state index contributed by atoms with van der Waals surface area (Å²) >= 11 is 0. The van der Waals surface area contributed by atoms with Gasteiger partial charge in [-0.1, -0.05) is 13.8 Å². The first-order valence-corrected chi connectivity index (χ1v) is 8.65. The maximum Gasteiger partial charge on any atom is 0.260 e. The Bertz CT molecular complexity index is 976. The summed E-state index contributed by atoms with van der Waals surface area (Å²) in [5.74, 6) is 1.27. The third kappa shape index (κ3) is 3.37. The first-order chi connectivity index (χ1) is 11.9. The Morgan fingerprint density at radius 2 is 2.00 bits per heavy atom. The number of hydrogen-bond donors (Lipinski definition) is 1. The van der Waals surface area contributed by atoms with Crippen molar-refractivity contribution in [3.8, 4) is 5.75 Å². The minimum Gasteiger partial charge on any atom is -0.492 e. The van der Waals surface area contributed by atoms with E-state index in [2.05, 4.69) is 18.8 Å². The van der Waals surface area contributed by atoms with Crippen molar-refractivity contribution in [2.45, 2.75) is 33.2 Å². The lowest BCUT2D eigenvalue weighted by Gasteiger charge is -2.16. The van der Waals surface area contributed by atoms with Gasteiger partial charge in [0.2, 0.25) is 0 Å². The highest BCUT2D eigenvalue weighted by Crippen LogP contribution is 2.27. The van der Waals surface area contributed by atoms with Crippen molar-refractivity contribution < 1.29 is 4.74 Å². The zero-order valence-electron chi connectivity index (χ0n) is 15.2. The Morgan fingerprint density at radius 1 is 1.24 bits per heavy atom. The van der Waals surface area contributed by atoms with Gasteiger partial charge in [0.1, 0.15) is 12.4 Å². The van der Waals surface area contributed by atoms with Crippen LogP contribution in [0.2, 0.25) is 0 Å². The molecule has 0 radical (unpaired) electrons. The first-order valence-electron chi connectivity index (χ1n) is 8.65. The topological polar surface area (TPSA) is 70.1 Å². The van der Waals surface area contributed by atoms with Crippen LogP contribution < -0.4 is 16.0 Å². The number of nitrogens with zero attached hydrogens (tertiary/aromatic N) is 2. The summed E-state index contributed by atoms with van der Waals surface area (Å²) in [7, 11) is 1.78. The van der Waals surface area contributed by atoms with Crippen LogP contribution in [0.15, 0.2) is 35.3 Å². The van der Waals surface area contributed by atoms with E-state index < -0.39 is 0 Å². The molecule has 0 bridgehead atoms. The van der Waals surface area contributed by atoms with Crippen LogP contribution in [-0.4, -0.2) is 22.2 Å². The van der Waals surface area contributed by atoms with Crippen LogP contribution in [0.3, 0.4) is 0 Å². The van der Waals surface area contributed by atoms with Crippen LogP contribution in [0.4, 0.5) is 0 Å². The molecule has 3 aromatic rings. The van der Waals surface area contributed by atoms with Crippen molar-refractivity contribution in [3.63, 3.8) is 0 Å². The Balaban J connectivity index is 2.02. The zero-order chi connectivity index (χ0) is 18.1. The second-order valence-electron chi connectivity index (χ2n) is 7.06. The van der Waals surface area contributed by atoms with Gasteiger partial charge in [0.15, 0.2) is 0 Å². The fourth-order valence-electron chi connectivity index (χ4n) is 3.32. The molecule has 0 fully saturated rings. The van der Waals surface area contributed by atoms with E-state index in [-0.39, 0.29) is 11.6 Å². The maximum absolute atomic E-state index is 12.7. The normalized spacial score (nSPS) is 12.9. The minimum absolute atomic E-state index is 0.00449. The Kier molecular flexibility index (Phi) is 4.77. The van der Waals surface area contributed by atoms with Gasteiger partial charge in [-0.2, -0.15) is 0 Å². The standard InChI is InChI=1S/C20H25N3O2/c1-12(2)9-14(21)11-25-15-5-6-16-17-7-8-22-13(3)19(17)20(24)23(4)18(16)10-15/h5-8,10,12,14H,9,11,21H2,1-4H3/t14-/m0/s1. The largest absolute Gasteiger partial charge is 0.492 e. The molecule has 3 rings (SSSR count). The van der Waals surface area contributed by atoms with E-state index >= 15 is 0 Å². The van der Waals surface area contributed by atoms with Crippen LogP contribution in [0.5, 0.6) is 5.75 Å². The van der Waals surface area contributed by atoms with E-state index in [1.54, 1.807) is 17.8 Å². The molecular weight excluding hydrogens is 314 g/mol. The molecule has 132 valence electrons. The first kappa shape index (κ1) is 17.4. The summed E-state index contributed by atoms with van der Waals surface area (Å²) in [5.41, 5.74) is 7.65. The quantitative estimate of drug-likeness (QED) is 0.725. The molecule has 2 aromatic heterocycles. The maximum atomic E-state index is 12.7. The number of pyridine rings is 2. The molecular formula is C20H25N3O2. The van der Waals surface area contributed by atoms with Crippen molar-refractivity contribution in [3.05, 3.63) is 46.5 Å². The fourth-order valence-corrected chi connectivity index (χ4v) is 3.32. The smallest absolute Gasteiger partial charge is 0.260 e. The van der Waals surface area contributed by atoms with Gasteiger partial charge < -0.3 is 15.0 Å². The van der Waals surface area contributed by atoms with Gasteiger partial charge in [0.25, 0.3) is 5.56 Å². The van der Waals surface area contributed by atoms with E-state index in [0.29, 0.717) is 17.9 Å². The van der Waals surface area contributed by atoms with E-state index in [4.69, 9.17) is 10.5 Å². The highest BCUT2D eigenvalue weighted by Gasteiger charge is 2.12. The van der Waals surface area contributed by atoms with E-state index in [1.165, 1.54) is 0 Å². The fraction of sp³-hybridized carbons (Fsp3) is 0.400. The van der Waals surface area contributed by atoms with Gasteiger partial charge in [-0.3, -0.25) is 9.78 Å². The third-order valence-electron chi connectivity index (χ3n) is 4.52. The second-order valence-corrected chi connectivity index (χ2v) is 7.06. The molecule has 0 aliphatic carbocycles. The van der Waals surface area contributed by atoms with Gasteiger partial charge >= 0.3 is 0 Å². The highest BCUT2D eigenvalue weighted by molar-refractivity contribution is 6.06. The van der Waals surface area contributed by atoms with Crippen LogP contribution in [0.1, 0.15) is 26.0 Å². The predicted molar refractivity (Wildman–Crippen MR) is 102 cm³/mol. The lowest BCUT2D eigenvalue weighted by Crippen LogP contribution is -2.29. The van der Waals surface area contributed by atoms with Crippen LogP contribution in [0.25, 0.3) is 21.7 Å². The van der Waals surface area contributed by atoms with Gasteiger partial charge in [-0.15, -0.1) is 0 Å². The Hall–Kier alpha value is -2.40. The molecule has 0 amide bonds. The number of aromatic nitrogens is 2. The Morgan fingerprint density at radius 3 is 2.72 bits per heavy atom. The predicted octanol–water partition coefficient (Wildman–Crippen LogP) is 3.15. The number of hydrogen-bond acceptors (Lipinski definition) is 4. The summed E-state index contributed by atoms with van der Waals surface area (Å²) in [6, 6.07) is 7.74. The molecule has 2 heterocycles. The van der Waals surface area contributed by atoms with E-state index in [1.807, 2.05) is 31.2 Å². The molecule has 1 aromatic carbocycles. The number of aryl methyl sites for hydroxylation is 2. The monoisotopic (exact) mass is 339 g/mol. The average Bonchev–Trinajstić information content (AvgIpc) is 2.57. The van der Waals surface area contributed by atoms with Crippen molar-refractivity contribution in [1.29, 1.82) is 0 Å². The lowest BCUT2D eigenvalue weighted by molar-refractivity contribution is 0.271. The molecule has 0 saturated heterocycles. The summed E-state index contributed by atoms with van der Waals surface area (Å²) in [6.45, 7) is 6.62. The van der Waals surface area contributed by atoms with E-state index in [0.717, 1.165) is 34.2 Å². The minimum atomic E-state index is -0.0400. The number of nitrogens with two attached hydrogens (primary N) is 1. The van der Waals surface area contributed by atoms with Gasteiger partial charge in [-0.25, -0.2) is 0 Å². The summed E-state index contributed by atoms with van der Waals surface area (Å²) < 4.78 is 7.51. The molecule has 1 atom stereocenters. The number of rotatable bonds is 5. The summed E-state index contributed by atoms with van der Waals surface area (Å²) in [6.07, 6.45) is 2.66. The van der Waals surface area contributed by atoms with Crippen molar-refractivity contribution in [2.24, 2.45) is 18.7 Å². The molecule has 0 spiro atoms. The van der Waals surface area contributed by atoms with Gasteiger partial charge in [0.05, 0.1) is 16.6 Å². The van der Waals surface area contributed by atoms with Gasteiger partial charge in [-0.05, 0) is 42.8 Å². The average molecular weight is 339 g/mol. The zero-order valence-corrected chi connectivity index (χ0v) is 15.2. The molecule has 0 aliphatic rings. The SMILES string of the molecule is Cc1nccc2c1c(=O)n(C)c1cc(OC[C@@H](N)CC(C)C)ccc21. The van der Waals surface area contributed by atoms with E-state index in [9.17, 15) is 4.79 Å². The van der Waals surface area contributed by atoms with Crippen molar-refractivity contribution in [2.75, 3.05) is 6.61 Å². The number of benzene rings is 1. The van der Waals surface area contributed by atoms with Crippen molar-refractivity contribution in [1.82, 2.24) is 9.55 Å². The molecule has 5 heteroatoms. The van der Waals surface area contributed by atoms with Crippen LogP contribution >= 0.6 is 0 Å². The second kappa shape index (κ2) is 6.84. The van der Waals surface area contributed by atoms with Gasteiger partial charge in [0, 0.05) is 30.7 Å². The molecule has 0 aliphatic heterocycles. The number of fused-ring (bicyclic) bond motifs is 3. The molecule has 5 nitrogen and oxygen atoms in total. The summed E-state index contributed by atoms with van der Waals surface area (Å²) in [5, 5.41) is 2.61. The third-order valence-corrected chi connectivity index (χ3v) is 4.52. The molecule has 0 saturated carbocycles. The Labute approximate surface area is 147 Å². The molecule has 0 unspecified atom stereocenters. The van der Waals surface area contributed by atoms with Crippen LogP contribution in [0, 0.1) is 12.8 Å². The van der Waals surface area contributed by atoms with Crippen molar-refractivity contribution >= 4 is 21.7 Å². The lowest BCUT2D eigenvalue weighted by atomic mass is 10.1. The number of ether oxygens (including phenoxy) is 1. The van der Waals surface area contributed by atoms with Crippen LogP contribution in [-0.2, 0) is 7.05 Å².